The summed E-state index contributed by atoms with van der Waals surface area (Å²) in [6.45, 7) is 8.98. The van der Waals surface area contributed by atoms with Gasteiger partial charge in [0.25, 0.3) is 5.56 Å². The molecule has 0 aromatic carbocycles. The van der Waals surface area contributed by atoms with E-state index in [-0.39, 0.29) is 23.5 Å². The largest absolute Gasteiger partial charge is 0.379 e. The number of aromatic nitrogens is 4. The predicted molar refractivity (Wildman–Crippen MR) is 119 cm³/mol. The summed E-state index contributed by atoms with van der Waals surface area (Å²) in [7, 11) is 0. The topological polar surface area (TPSA) is 102 Å². The predicted octanol–water partition coefficient (Wildman–Crippen LogP) is 2.79. The molecule has 2 aromatic rings. The van der Waals surface area contributed by atoms with Crippen molar-refractivity contribution in [3.05, 3.63) is 45.1 Å². The number of rotatable bonds is 6. The van der Waals surface area contributed by atoms with Gasteiger partial charge < -0.3 is 10.6 Å². The van der Waals surface area contributed by atoms with E-state index >= 15 is 0 Å². The van der Waals surface area contributed by atoms with Crippen molar-refractivity contribution in [1.82, 2.24) is 25.3 Å². The van der Waals surface area contributed by atoms with Crippen LogP contribution in [-0.4, -0.2) is 31.9 Å². The molecule has 0 saturated heterocycles. The smallest absolute Gasteiger partial charge is 0.288 e. The maximum atomic E-state index is 12.7. The Labute approximate surface area is 186 Å². The third-order valence-electron chi connectivity index (χ3n) is 7.49. The highest BCUT2D eigenvalue weighted by Crippen LogP contribution is 2.61. The van der Waals surface area contributed by atoms with E-state index in [2.05, 4.69) is 46.7 Å². The van der Waals surface area contributed by atoms with E-state index < -0.39 is 5.56 Å². The molecule has 2 heterocycles. The SMILES string of the molecule is Cc1cnncc1CNC(=O)Cn1ncc(N[C@@H]2C[C@@H]3C[C@H]([C@H]2C)C3(C)C)c(Cl)c1=O. The lowest BCUT2D eigenvalue weighted by Gasteiger charge is -2.62. The molecule has 166 valence electrons. The summed E-state index contributed by atoms with van der Waals surface area (Å²) < 4.78 is 1.09. The van der Waals surface area contributed by atoms with Crippen LogP contribution in [0.4, 0.5) is 5.69 Å². The lowest BCUT2D eigenvalue weighted by atomic mass is 9.45. The number of nitrogens with zero attached hydrogens (tertiary/aromatic N) is 4. The number of carbonyl (C=O) groups excluding carboxylic acids is 1. The fourth-order valence-electron chi connectivity index (χ4n) is 5.20. The van der Waals surface area contributed by atoms with Crippen LogP contribution in [0, 0.1) is 30.1 Å². The summed E-state index contributed by atoms with van der Waals surface area (Å²) in [5.74, 6) is 1.54. The maximum Gasteiger partial charge on any atom is 0.288 e. The van der Waals surface area contributed by atoms with Crippen molar-refractivity contribution in [3.63, 3.8) is 0 Å². The van der Waals surface area contributed by atoms with Crippen molar-refractivity contribution in [2.24, 2.45) is 23.2 Å². The number of nitrogens with one attached hydrogen (secondary N) is 2. The molecule has 8 nitrogen and oxygen atoms in total. The van der Waals surface area contributed by atoms with Gasteiger partial charge in [-0.2, -0.15) is 15.3 Å². The summed E-state index contributed by atoms with van der Waals surface area (Å²) in [5.41, 5.74) is 2.25. The van der Waals surface area contributed by atoms with E-state index in [4.69, 9.17) is 11.6 Å². The fraction of sp³-hybridized carbons (Fsp3) is 0.591. The van der Waals surface area contributed by atoms with Crippen LogP contribution in [0.5, 0.6) is 0 Å². The van der Waals surface area contributed by atoms with Gasteiger partial charge in [0.1, 0.15) is 11.6 Å². The molecule has 3 saturated carbocycles. The number of carbonyl (C=O) groups is 1. The summed E-state index contributed by atoms with van der Waals surface area (Å²) in [6.07, 6.45) is 7.14. The Bertz CT molecular complexity index is 1050. The van der Waals surface area contributed by atoms with Crippen LogP contribution in [0.1, 0.15) is 44.7 Å². The minimum absolute atomic E-state index is 0.0719. The zero-order valence-corrected chi connectivity index (χ0v) is 19.1. The van der Waals surface area contributed by atoms with Gasteiger partial charge in [0.15, 0.2) is 0 Å². The van der Waals surface area contributed by atoms with E-state index in [9.17, 15) is 9.59 Å². The van der Waals surface area contributed by atoms with Crippen LogP contribution in [0.3, 0.4) is 0 Å². The Hall–Kier alpha value is -2.48. The lowest BCUT2D eigenvalue weighted by molar-refractivity contribution is -0.122. The van der Waals surface area contributed by atoms with Gasteiger partial charge >= 0.3 is 0 Å². The van der Waals surface area contributed by atoms with Crippen LogP contribution in [-0.2, 0) is 17.9 Å². The number of hydrogen-bond donors (Lipinski definition) is 2. The van der Waals surface area contributed by atoms with Crippen LogP contribution < -0.4 is 16.2 Å². The van der Waals surface area contributed by atoms with Crippen LogP contribution in [0.15, 0.2) is 23.4 Å². The highest BCUT2D eigenvalue weighted by Gasteiger charge is 2.56. The highest BCUT2D eigenvalue weighted by atomic mass is 35.5. The summed E-state index contributed by atoms with van der Waals surface area (Å²) >= 11 is 6.36. The van der Waals surface area contributed by atoms with Gasteiger partial charge in [-0.05, 0) is 54.1 Å². The molecule has 0 unspecified atom stereocenters. The molecule has 2 aromatic heterocycles. The number of fused-ring (bicyclic) bond motifs is 2. The first-order chi connectivity index (χ1) is 14.7. The first-order valence-electron chi connectivity index (χ1n) is 10.7. The monoisotopic (exact) mass is 444 g/mol. The van der Waals surface area contributed by atoms with Gasteiger partial charge in [-0.15, -0.1) is 0 Å². The van der Waals surface area contributed by atoms with Gasteiger partial charge in [0.2, 0.25) is 5.91 Å². The number of halogens is 1. The second-order valence-corrected chi connectivity index (χ2v) is 9.89. The van der Waals surface area contributed by atoms with E-state index in [1.807, 2.05) is 6.92 Å². The Morgan fingerprint density at radius 3 is 2.68 bits per heavy atom. The molecular weight excluding hydrogens is 416 g/mol. The van der Waals surface area contributed by atoms with Crippen LogP contribution >= 0.6 is 11.6 Å². The molecule has 31 heavy (non-hydrogen) atoms. The summed E-state index contributed by atoms with van der Waals surface area (Å²) in [5, 5.41) is 18.1. The number of hydrogen-bond acceptors (Lipinski definition) is 6. The molecule has 3 aliphatic carbocycles. The number of aryl methyl sites for hydroxylation is 1. The molecule has 2 bridgehead atoms. The van der Waals surface area contributed by atoms with Gasteiger partial charge in [-0.3, -0.25) is 9.59 Å². The molecular formula is C22H29ClN6O2. The molecule has 0 spiro atoms. The first kappa shape index (κ1) is 21.7. The third kappa shape index (κ3) is 4.05. The highest BCUT2D eigenvalue weighted by molar-refractivity contribution is 6.32. The normalized spacial score (nSPS) is 26.1. The molecule has 9 heteroatoms. The Morgan fingerprint density at radius 2 is 2.00 bits per heavy atom. The Balaban J connectivity index is 1.39. The van der Waals surface area contributed by atoms with E-state index in [0.717, 1.165) is 22.2 Å². The van der Waals surface area contributed by atoms with E-state index in [1.54, 1.807) is 18.6 Å². The molecule has 0 aliphatic heterocycles. The molecule has 0 radical (unpaired) electrons. The molecule has 2 N–H and O–H groups in total. The molecule has 5 rings (SSSR count). The quantitative estimate of drug-likeness (QED) is 0.710. The summed E-state index contributed by atoms with van der Waals surface area (Å²) in [4.78, 5) is 25.0. The van der Waals surface area contributed by atoms with E-state index in [1.165, 1.54) is 6.42 Å². The minimum Gasteiger partial charge on any atom is -0.379 e. The van der Waals surface area contributed by atoms with Gasteiger partial charge in [-0.1, -0.05) is 32.4 Å². The van der Waals surface area contributed by atoms with Crippen molar-refractivity contribution in [2.75, 3.05) is 5.32 Å². The van der Waals surface area contributed by atoms with Crippen LogP contribution in [0.2, 0.25) is 5.02 Å². The Kier molecular flexibility index (Phi) is 5.77. The van der Waals surface area contributed by atoms with Crippen LogP contribution in [0.25, 0.3) is 0 Å². The average Bonchev–Trinajstić information content (AvgIpc) is 2.73. The number of anilines is 1. The van der Waals surface area contributed by atoms with Crippen molar-refractivity contribution in [3.8, 4) is 0 Å². The second kappa shape index (κ2) is 8.22. The standard InChI is InChI=1S/C22H29ClN6O2/c1-12-7-25-26-9-14(12)8-24-19(30)11-29-21(31)20(23)18(10-27-29)28-17-6-15-5-16(13(17)2)22(15,3)4/h7,9-10,13,15-17,28H,5-6,8,11H2,1-4H3,(H,24,30)/t13-,15+,16-,17-/m1/s1. The van der Waals surface area contributed by atoms with Gasteiger partial charge in [0, 0.05) is 12.6 Å². The lowest BCUT2D eigenvalue weighted by Crippen LogP contribution is -2.58. The molecule has 3 fully saturated rings. The van der Waals surface area contributed by atoms with Crippen molar-refractivity contribution in [2.45, 2.75) is 59.7 Å². The minimum atomic E-state index is -0.475. The molecule has 3 aliphatic rings. The summed E-state index contributed by atoms with van der Waals surface area (Å²) in [6, 6.07) is 0.270. The molecule has 1 amide bonds. The van der Waals surface area contributed by atoms with Crippen molar-refractivity contribution in [1.29, 1.82) is 0 Å². The Morgan fingerprint density at radius 1 is 1.26 bits per heavy atom. The second-order valence-electron chi connectivity index (χ2n) is 9.52. The van der Waals surface area contributed by atoms with Crippen molar-refractivity contribution >= 4 is 23.2 Å². The van der Waals surface area contributed by atoms with Gasteiger partial charge in [-0.25, -0.2) is 4.68 Å². The maximum absolute atomic E-state index is 12.7. The van der Waals surface area contributed by atoms with Crippen molar-refractivity contribution < 1.29 is 4.79 Å². The fourth-order valence-corrected chi connectivity index (χ4v) is 5.40. The average molecular weight is 445 g/mol. The zero-order chi connectivity index (χ0) is 22.3. The number of amides is 1. The zero-order valence-electron chi connectivity index (χ0n) is 18.4. The van der Waals surface area contributed by atoms with E-state index in [0.29, 0.717) is 35.4 Å². The van der Waals surface area contributed by atoms with Gasteiger partial charge in [0.05, 0.1) is 24.3 Å². The molecule has 4 atom stereocenters. The third-order valence-corrected chi connectivity index (χ3v) is 7.85. The first-order valence-corrected chi connectivity index (χ1v) is 11.1.